The molecule has 0 radical (unpaired) electrons. The van der Waals surface area contributed by atoms with Crippen LogP contribution in [0.5, 0.6) is 0 Å². The normalized spacial score (nSPS) is 34.0. The number of nitrogen functional groups attached to an aromatic ring is 1. The Hall–Kier alpha value is -2.15. The highest BCUT2D eigenvalue weighted by atomic mass is 35.5. The van der Waals surface area contributed by atoms with Gasteiger partial charge in [0.2, 0.25) is 0 Å². The first kappa shape index (κ1) is 23.6. The Bertz CT molecular complexity index is 1260. The van der Waals surface area contributed by atoms with Crippen molar-refractivity contribution in [3.05, 3.63) is 47.5 Å². The van der Waals surface area contributed by atoms with Gasteiger partial charge in [0, 0.05) is 11.4 Å². The van der Waals surface area contributed by atoms with Gasteiger partial charge < -0.3 is 20.7 Å². The Labute approximate surface area is 199 Å². The average molecular weight is 512 g/mol. The predicted molar refractivity (Wildman–Crippen MR) is 120 cm³/mol. The van der Waals surface area contributed by atoms with E-state index in [0.29, 0.717) is 22.6 Å². The standard InChI is InChI=1S/C20H23ClN5O7P/c1-20(28)16(27)14(32-19(20)26-10-25-15-17(22)23-9-24-18(15)26)8-31-34(29)30-6-5-13(33-34)11-3-2-4-12(21)7-11/h2-4,7,9-10,13-14,16,19,27-28H,5-6,8H2,1H3,(H2,22,23,24)/t13?,14?,16-,19-,20-,34?/m1/s1. The van der Waals surface area contributed by atoms with Crippen LogP contribution in [0, 0.1) is 0 Å². The van der Waals surface area contributed by atoms with E-state index in [1.54, 1.807) is 18.2 Å². The van der Waals surface area contributed by atoms with Crippen molar-refractivity contribution in [2.75, 3.05) is 18.9 Å². The molecule has 0 saturated carbocycles. The number of ether oxygens (including phenoxy) is 1. The maximum atomic E-state index is 13.1. The van der Waals surface area contributed by atoms with Crippen molar-refractivity contribution in [2.45, 2.75) is 43.5 Å². The van der Waals surface area contributed by atoms with Crippen molar-refractivity contribution in [1.29, 1.82) is 0 Å². The lowest BCUT2D eigenvalue weighted by atomic mass is 9.96. The molecule has 0 bridgehead atoms. The lowest BCUT2D eigenvalue weighted by Crippen LogP contribution is -2.44. The SMILES string of the molecule is C[C@@]1(O)[C@H](O)C(COP2(=O)OCCC(c3cccc(Cl)c3)O2)O[C@H]1n1cnc2c(N)ncnc21. The second-order valence-electron chi connectivity index (χ2n) is 8.29. The first-order valence-corrected chi connectivity index (χ1v) is 12.3. The molecule has 14 heteroatoms. The molecule has 4 N–H and O–H groups in total. The molecule has 1 aromatic carbocycles. The van der Waals surface area contributed by atoms with Gasteiger partial charge in [-0.3, -0.25) is 18.1 Å². The maximum absolute atomic E-state index is 13.1. The van der Waals surface area contributed by atoms with E-state index in [-0.39, 0.29) is 19.0 Å². The smallest absolute Gasteiger partial charge is 0.387 e. The second-order valence-corrected chi connectivity index (χ2v) is 10.4. The minimum Gasteiger partial charge on any atom is -0.387 e. The summed E-state index contributed by atoms with van der Waals surface area (Å²) in [4.78, 5) is 12.2. The molecule has 2 aromatic heterocycles. The number of hydrogen-bond donors (Lipinski definition) is 3. The summed E-state index contributed by atoms with van der Waals surface area (Å²) in [5, 5.41) is 22.3. The summed E-state index contributed by atoms with van der Waals surface area (Å²) in [6.07, 6.45) is -0.956. The highest BCUT2D eigenvalue weighted by Gasteiger charge is 2.54. The number of fused-ring (bicyclic) bond motifs is 1. The molecule has 2 aliphatic heterocycles. The number of nitrogens with two attached hydrogens (primary N) is 1. The van der Waals surface area contributed by atoms with Crippen LogP contribution in [-0.2, 0) is 22.9 Å². The van der Waals surface area contributed by atoms with Crippen molar-refractivity contribution < 1.29 is 33.1 Å². The van der Waals surface area contributed by atoms with Crippen LogP contribution in [0.15, 0.2) is 36.9 Å². The molecule has 2 aliphatic rings. The number of imidazole rings is 1. The largest absolute Gasteiger partial charge is 0.475 e. The van der Waals surface area contributed by atoms with Crippen LogP contribution >= 0.6 is 19.4 Å². The number of aliphatic hydroxyl groups excluding tert-OH is 1. The van der Waals surface area contributed by atoms with Crippen LogP contribution in [0.3, 0.4) is 0 Å². The average Bonchev–Trinajstić information content (AvgIpc) is 3.32. The van der Waals surface area contributed by atoms with Gasteiger partial charge in [-0.05, 0) is 24.6 Å². The maximum Gasteiger partial charge on any atom is 0.475 e. The molecule has 0 amide bonds. The lowest BCUT2D eigenvalue weighted by molar-refractivity contribution is -0.0953. The van der Waals surface area contributed by atoms with E-state index in [1.807, 2.05) is 6.07 Å². The Morgan fingerprint density at radius 1 is 1.38 bits per heavy atom. The third-order valence-electron chi connectivity index (χ3n) is 5.90. The highest BCUT2D eigenvalue weighted by Crippen LogP contribution is 2.57. The molecule has 0 spiro atoms. The van der Waals surface area contributed by atoms with Gasteiger partial charge in [0.25, 0.3) is 0 Å². The number of halogens is 1. The summed E-state index contributed by atoms with van der Waals surface area (Å²) in [6.45, 7) is 1.19. The number of aromatic nitrogens is 4. The third kappa shape index (κ3) is 4.21. The van der Waals surface area contributed by atoms with E-state index in [9.17, 15) is 14.8 Å². The van der Waals surface area contributed by atoms with Crippen LogP contribution in [0.4, 0.5) is 5.82 Å². The monoisotopic (exact) mass is 511 g/mol. The van der Waals surface area contributed by atoms with Crippen LogP contribution in [0.2, 0.25) is 5.02 Å². The fraction of sp³-hybridized carbons (Fsp3) is 0.450. The van der Waals surface area contributed by atoms with Gasteiger partial charge in [0.05, 0.1) is 25.6 Å². The topological polar surface area (TPSA) is 164 Å². The zero-order chi connectivity index (χ0) is 24.1. The Balaban J connectivity index is 1.31. The Kier molecular flexibility index (Phi) is 6.11. The molecule has 4 heterocycles. The molecule has 12 nitrogen and oxygen atoms in total. The quantitative estimate of drug-likeness (QED) is 0.430. The fourth-order valence-electron chi connectivity index (χ4n) is 4.10. The number of aliphatic hydroxyl groups is 2. The molecule has 3 aromatic rings. The van der Waals surface area contributed by atoms with Crippen LogP contribution in [-0.4, -0.2) is 60.8 Å². The minimum atomic E-state index is -3.97. The van der Waals surface area contributed by atoms with Gasteiger partial charge in [0.15, 0.2) is 17.7 Å². The van der Waals surface area contributed by atoms with E-state index in [1.165, 1.54) is 24.1 Å². The summed E-state index contributed by atoms with van der Waals surface area (Å²) in [7, 11) is -3.97. The molecule has 182 valence electrons. The summed E-state index contributed by atoms with van der Waals surface area (Å²) < 4.78 is 36.9. The lowest BCUT2D eigenvalue weighted by Gasteiger charge is -2.30. The molecule has 5 rings (SSSR count). The zero-order valence-electron chi connectivity index (χ0n) is 18.0. The van der Waals surface area contributed by atoms with Gasteiger partial charge in [-0.1, -0.05) is 23.7 Å². The number of benzene rings is 1. The van der Waals surface area contributed by atoms with Crippen molar-refractivity contribution in [2.24, 2.45) is 0 Å². The van der Waals surface area contributed by atoms with E-state index in [4.69, 9.17) is 35.6 Å². The van der Waals surface area contributed by atoms with Crippen LogP contribution in [0.25, 0.3) is 11.2 Å². The molecule has 2 fully saturated rings. The summed E-state index contributed by atoms with van der Waals surface area (Å²) >= 11 is 6.05. The van der Waals surface area contributed by atoms with Crippen LogP contribution in [0.1, 0.15) is 31.2 Å². The van der Waals surface area contributed by atoms with Gasteiger partial charge in [-0.15, -0.1) is 0 Å². The molecule has 3 unspecified atom stereocenters. The van der Waals surface area contributed by atoms with E-state index >= 15 is 0 Å². The fourth-order valence-corrected chi connectivity index (χ4v) is 5.69. The molecule has 6 atom stereocenters. The van der Waals surface area contributed by atoms with Crippen molar-refractivity contribution in [3.63, 3.8) is 0 Å². The molecular formula is C20H23ClN5O7P. The van der Waals surface area contributed by atoms with Gasteiger partial charge >= 0.3 is 7.82 Å². The van der Waals surface area contributed by atoms with Crippen LogP contribution < -0.4 is 5.73 Å². The Morgan fingerprint density at radius 3 is 3.00 bits per heavy atom. The van der Waals surface area contributed by atoms with Crippen molar-refractivity contribution in [3.8, 4) is 0 Å². The van der Waals surface area contributed by atoms with Gasteiger partial charge in [-0.2, -0.15) is 0 Å². The zero-order valence-corrected chi connectivity index (χ0v) is 19.7. The number of phosphoric acid groups is 1. The molecular weight excluding hydrogens is 489 g/mol. The first-order chi connectivity index (χ1) is 16.2. The molecule has 34 heavy (non-hydrogen) atoms. The summed E-state index contributed by atoms with van der Waals surface area (Å²) in [5.41, 5.74) is 5.47. The molecule has 0 aliphatic carbocycles. The first-order valence-electron chi connectivity index (χ1n) is 10.5. The number of hydrogen-bond acceptors (Lipinski definition) is 11. The number of anilines is 1. The summed E-state index contributed by atoms with van der Waals surface area (Å²) in [6, 6.07) is 7.03. The van der Waals surface area contributed by atoms with Crippen molar-refractivity contribution in [1.82, 2.24) is 19.5 Å². The number of phosphoric ester groups is 1. The van der Waals surface area contributed by atoms with Crippen molar-refractivity contribution >= 4 is 36.4 Å². The number of nitrogens with zero attached hydrogens (tertiary/aromatic N) is 4. The minimum absolute atomic E-state index is 0.144. The van der Waals surface area contributed by atoms with E-state index < -0.39 is 38.0 Å². The van der Waals surface area contributed by atoms with Gasteiger partial charge in [-0.25, -0.2) is 19.5 Å². The Morgan fingerprint density at radius 2 is 2.21 bits per heavy atom. The number of rotatable bonds is 5. The van der Waals surface area contributed by atoms with E-state index in [0.717, 1.165) is 5.56 Å². The van der Waals surface area contributed by atoms with E-state index in [2.05, 4.69) is 15.0 Å². The third-order valence-corrected chi connectivity index (χ3v) is 7.61. The highest BCUT2D eigenvalue weighted by molar-refractivity contribution is 7.48. The predicted octanol–water partition coefficient (Wildman–Crippen LogP) is 2.37. The second kappa shape index (κ2) is 8.81. The molecule has 2 saturated heterocycles. The summed E-state index contributed by atoms with van der Waals surface area (Å²) in [5.74, 6) is 0.167. The van der Waals surface area contributed by atoms with Gasteiger partial charge in [0.1, 0.15) is 29.7 Å².